The quantitative estimate of drug-likeness (QED) is 0.232. The molecule has 198 valence electrons. The van der Waals surface area contributed by atoms with Gasteiger partial charge in [-0.15, -0.1) is 0 Å². The lowest BCUT2D eigenvalue weighted by Crippen LogP contribution is -2.33. The van der Waals surface area contributed by atoms with Crippen LogP contribution < -0.4 is 5.32 Å². The van der Waals surface area contributed by atoms with Crippen LogP contribution in [0.2, 0.25) is 0 Å². The van der Waals surface area contributed by atoms with E-state index >= 15 is 0 Å². The van der Waals surface area contributed by atoms with Gasteiger partial charge in [-0.25, -0.2) is 0 Å². The van der Waals surface area contributed by atoms with E-state index in [1.165, 1.54) is 33.3 Å². The van der Waals surface area contributed by atoms with Crippen molar-refractivity contribution < 1.29 is 4.79 Å². The number of carbonyl (C=O) groups excluding carboxylic acids is 1. The van der Waals surface area contributed by atoms with Crippen molar-refractivity contribution in [1.29, 1.82) is 0 Å². The summed E-state index contributed by atoms with van der Waals surface area (Å²) in [5.74, 6) is 0.620. The van der Waals surface area contributed by atoms with Crippen LogP contribution in [0, 0.1) is 5.92 Å². The first-order valence-electron chi connectivity index (χ1n) is 13.9. The third kappa shape index (κ3) is 5.74. The van der Waals surface area contributed by atoms with E-state index in [0.717, 1.165) is 55.5 Å². The number of amides is 1. The first-order valence-corrected chi connectivity index (χ1v) is 14.7. The highest BCUT2D eigenvalue weighted by atomic mass is 79.9. The maximum atomic E-state index is 12.1. The maximum Gasteiger partial charge on any atom is 0.226 e. The van der Waals surface area contributed by atoms with Gasteiger partial charge in [0.25, 0.3) is 0 Å². The smallest absolute Gasteiger partial charge is 0.226 e. The van der Waals surface area contributed by atoms with Crippen LogP contribution in [0.1, 0.15) is 50.2 Å². The molecule has 3 aromatic carbocycles. The number of fused-ring (bicyclic) bond motifs is 1. The topological polar surface area (TPSA) is 37.3 Å². The zero-order valence-corrected chi connectivity index (χ0v) is 24.3. The summed E-state index contributed by atoms with van der Waals surface area (Å²) in [4.78, 5) is 14.7. The predicted molar refractivity (Wildman–Crippen MR) is 163 cm³/mol. The Kier molecular flexibility index (Phi) is 8.35. The fraction of sp³-hybridized carbons (Fsp3) is 0.364. The molecule has 0 unspecified atom stereocenters. The number of benzene rings is 3. The van der Waals surface area contributed by atoms with Gasteiger partial charge in [0.05, 0.1) is 5.69 Å². The van der Waals surface area contributed by atoms with E-state index in [2.05, 4.69) is 104 Å². The highest BCUT2D eigenvalue weighted by Gasteiger charge is 2.22. The fourth-order valence-corrected chi connectivity index (χ4v) is 6.32. The molecule has 5 rings (SSSR count). The summed E-state index contributed by atoms with van der Waals surface area (Å²) >= 11 is 3.79. The summed E-state index contributed by atoms with van der Waals surface area (Å²) in [7, 11) is 2.19. The number of hydrogen-bond donors (Lipinski definition) is 1. The molecule has 38 heavy (non-hydrogen) atoms. The van der Waals surface area contributed by atoms with E-state index in [9.17, 15) is 4.79 Å². The Bertz CT molecular complexity index is 1420. The van der Waals surface area contributed by atoms with Gasteiger partial charge in [-0.1, -0.05) is 78.3 Å². The number of nitrogens with one attached hydrogen (secondary N) is 1. The molecular weight excluding hydrogens is 534 g/mol. The van der Waals surface area contributed by atoms with Gasteiger partial charge in [0.15, 0.2) is 0 Å². The van der Waals surface area contributed by atoms with Crippen LogP contribution in [-0.4, -0.2) is 35.0 Å². The number of carbonyl (C=O) groups is 1. The number of para-hydroxylation sites is 1. The van der Waals surface area contributed by atoms with Crippen LogP contribution in [0.5, 0.6) is 0 Å². The highest BCUT2D eigenvalue weighted by Crippen LogP contribution is 2.37. The van der Waals surface area contributed by atoms with Crippen LogP contribution in [0.25, 0.3) is 22.2 Å². The lowest BCUT2D eigenvalue weighted by Gasteiger charge is -2.32. The zero-order valence-electron chi connectivity index (χ0n) is 22.7. The first kappa shape index (κ1) is 26.7. The Morgan fingerprint density at radius 1 is 1.00 bits per heavy atom. The molecular formula is C33H38BrN3O. The summed E-state index contributed by atoms with van der Waals surface area (Å²) in [6.45, 7) is 7.22. The number of likely N-dealkylation sites (tertiary alicyclic amines) is 1. The van der Waals surface area contributed by atoms with Crippen molar-refractivity contribution in [2.75, 3.05) is 25.0 Å². The Balaban J connectivity index is 1.22. The van der Waals surface area contributed by atoms with E-state index in [1.54, 1.807) is 0 Å². The monoisotopic (exact) mass is 571 g/mol. The second-order valence-electron chi connectivity index (χ2n) is 10.9. The number of rotatable bonds is 8. The molecule has 0 atom stereocenters. The van der Waals surface area contributed by atoms with Crippen LogP contribution >= 0.6 is 15.9 Å². The van der Waals surface area contributed by atoms with Crippen molar-refractivity contribution in [2.45, 2.75) is 45.4 Å². The molecule has 1 fully saturated rings. The lowest BCUT2D eigenvalue weighted by atomic mass is 9.89. The molecule has 4 aromatic rings. The number of nitrogens with zero attached hydrogens (tertiary/aromatic N) is 2. The average Bonchev–Trinajstić information content (AvgIpc) is 3.21. The van der Waals surface area contributed by atoms with Crippen molar-refractivity contribution in [3.8, 4) is 11.3 Å². The number of aromatic nitrogens is 1. The van der Waals surface area contributed by atoms with Gasteiger partial charge in [0, 0.05) is 39.6 Å². The van der Waals surface area contributed by atoms with Gasteiger partial charge in [0.1, 0.15) is 0 Å². The summed E-state index contributed by atoms with van der Waals surface area (Å²) in [5.41, 5.74) is 7.58. The zero-order chi connectivity index (χ0) is 26.6. The fourth-order valence-electron chi connectivity index (χ4n) is 5.85. The molecule has 1 aliphatic rings. The molecule has 4 nitrogen and oxygen atoms in total. The van der Waals surface area contributed by atoms with Gasteiger partial charge in [-0.05, 0) is 86.6 Å². The Labute approximate surface area is 235 Å². The molecule has 1 N–H and O–H groups in total. The highest BCUT2D eigenvalue weighted by molar-refractivity contribution is 9.10. The van der Waals surface area contributed by atoms with E-state index < -0.39 is 0 Å². The minimum Gasteiger partial charge on any atom is -0.343 e. The van der Waals surface area contributed by atoms with Crippen LogP contribution in [0.15, 0.2) is 77.3 Å². The third-order valence-corrected chi connectivity index (χ3v) is 8.67. The summed E-state index contributed by atoms with van der Waals surface area (Å²) in [6.07, 6.45) is 4.54. The Morgan fingerprint density at radius 3 is 2.50 bits per heavy atom. The Hall–Kier alpha value is -2.89. The average molecular weight is 573 g/mol. The maximum absolute atomic E-state index is 12.1. The molecule has 5 heteroatoms. The van der Waals surface area contributed by atoms with Crippen molar-refractivity contribution in [1.82, 2.24) is 9.47 Å². The number of piperidine rings is 1. The standard InChI is InChI=1S/C33H38BrN3O/c1-23(2)33(38)35-26-11-8-10-25(22-26)24-17-20-37(21-18-24)19-9-14-28-27-12-5-7-16-31(27)36(3)32(28)29-13-4-6-15-30(29)34/h4-8,10-13,15-16,22-24H,9,14,17-21H2,1-3H3,(H,35,38). The molecule has 2 heterocycles. The van der Waals surface area contributed by atoms with Gasteiger partial charge < -0.3 is 14.8 Å². The molecule has 0 radical (unpaired) electrons. The molecule has 1 aliphatic heterocycles. The lowest BCUT2D eigenvalue weighted by molar-refractivity contribution is -0.118. The van der Waals surface area contributed by atoms with Crippen LogP contribution in [0.3, 0.4) is 0 Å². The third-order valence-electron chi connectivity index (χ3n) is 7.98. The number of aryl methyl sites for hydroxylation is 2. The van der Waals surface area contributed by atoms with Crippen molar-refractivity contribution in [3.63, 3.8) is 0 Å². The second kappa shape index (κ2) is 11.9. The SMILES string of the molecule is CC(C)C(=O)Nc1cccc(C2CCN(CCCc3c(-c4ccccc4Br)n(C)c4ccccc34)CC2)c1. The summed E-state index contributed by atoms with van der Waals surface area (Å²) < 4.78 is 3.50. The molecule has 0 saturated carbocycles. The van der Waals surface area contributed by atoms with Crippen LogP contribution in [0.4, 0.5) is 5.69 Å². The molecule has 1 amide bonds. The molecule has 1 aromatic heterocycles. The van der Waals surface area contributed by atoms with E-state index in [0.29, 0.717) is 5.92 Å². The first-order chi connectivity index (χ1) is 18.4. The van der Waals surface area contributed by atoms with Crippen molar-refractivity contribution in [2.24, 2.45) is 13.0 Å². The summed E-state index contributed by atoms with van der Waals surface area (Å²) in [5, 5.41) is 4.42. The van der Waals surface area contributed by atoms with Gasteiger partial charge in [-0.3, -0.25) is 4.79 Å². The number of halogens is 1. The van der Waals surface area contributed by atoms with Gasteiger partial charge in [-0.2, -0.15) is 0 Å². The molecule has 0 bridgehead atoms. The van der Waals surface area contributed by atoms with Gasteiger partial charge >= 0.3 is 0 Å². The normalized spacial score (nSPS) is 14.9. The van der Waals surface area contributed by atoms with E-state index in [1.807, 2.05) is 19.9 Å². The molecule has 0 aliphatic carbocycles. The molecule has 1 saturated heterocycles. The number of hydrogen-bond acceptors (Lipinski definition) is 2. The Morgan fingerprint density at radius 2 is 1.74 bits per heavy atom. The minimum absolute atomic E-state index is 0.0129. The van der Waals surface area contributed by atoms with Gasteiger partial charge in [0.2, 0.25) is 5.91 Å². The van der Waals surface area contributed by atoms with Crippen molar-refractivity contribution in [3.05, 3.63) is 88.4 Å². The number of anilines is 1. The largest absolute Gasteiger partial charge is 0.343 e. The van der Waals surface area contributed by atoms with E-state index in [-0.39, 0.29) is 11.8 Å². The molecule has 0 spiro atoms. The predicted octanol–water partition coefficient (Wildman–Crippen LogP) is 8.01. The van der Waals surface area contributed by atoms with Crippen LogP contribution in [-0.2, 0) is 18.3 Å². The van der Waals surface area contributed by atoms with E-state index in [4.69, 9.17) is 0 Å². The van der Waals surface area contributed by atoms with Crippen molar-refractivity contribution >= 4 is 38.4 Å². The second-order valence-corrected chi connectivity index (χ2v) is 11.7. The minimum atomic E-state index is -0.0129. The summed E-state index contributed by atoms with van der Waals surface area (Å²) in [6, 6.07) is 25.8.